The number of esters is 1. The van der Waals surface area contributed by atoms with Gasteiger partial charge in [-0.25, -0.2) is 9.59 Å². The molecule has 0 aliphatic rings. The Bertz CT molecular complexity index is 646. The van der Waals surface area contributed by atoms with Gasteiger partial charge >= 0.3 is 12.0 Å². The summed E-state index contributed by atoms with van der Waals surface area (Å²) in [5.41, 5.74) is 0.0535. The maximum absolute atomic E-state index is 12.3. The Morgan fingerprint density at radius 3 is 2.20 bits per heavy atom. The molecule has 1 atom stereocenters. The molecule has 9 nitrogen and oxygen atoms in total. The lowest BCUT2D eigenvalue weighted by molar-refractivity contribution is -0.127. The Morgan fingerprint density at radius 1 is 1.04 bits per heavy atom. The smallest absolute Gasteiger partial charge is 0.342 e. The molecule has 0 saturated carbocycles. The van der Waals surface area contributed by atoms with Crippen LogP contribution in [0, 0.1) is 0 Å². The lowest BCUT2D eigenvalue weighted by atomic mass is 10.1. The first-order valence-electron chi connectivity index (χ1n) is 7.48. The second-order valence-electron chi connectivity index (χ2n) is 4.78. The normalized spacial score (nSPS) is 11.1. The average Bonchev–Trinajstić information content (AvgIpc) is 2.59. The van der Waals surface area contributed by atoms with Gasteiger partial charge in [0.05, 0.1) is 21.3 Å². The van der Waals surface area contributed by atoms with Gasteiger partial charge in [0, 0.05) is 6.54 Å². The minimum atomic E-state index is -1.19. The van der Waals surface area contributed by atoms with Crippen molar-refractivity contribution in [2.45, 2.75) is 20.0 Å². The van der Waals surface area contributed by atoms with Crippen LogP contribution in [0.3, 0.4) is 0 Å². The predicted molar refractivity (Wildman–Crippen MR) is 88.2 cm³/mol. The van der Waals surface area contributed by atoms with Crippen LogP contribution in [-0.4, -0.2) is 51.9 Å². The maximum Gasteiger partial charge on any atom is 0.342 e. The molecule has 0 saturated heterocycles. The van der Waals surface area contributed by atoms with E-state index in [1.165, 1.54) is 40.4 Å². The van der Waals surface area contributed by atoms with Crippen LogP contribution in [0.15, 0.2) is 12.1 Å². The molecule has 1 aromatic carbocycles. The number of ether oxygens (including phenoxy) is 4. The van der Waals surface area contributed by atoms with E-state index >= 15 is 0 Å². The van der Waals surface area contributed by atoms with E-state index < -0.39 is 24.0 Å². The highest BCUT2D eigenvalue weighted by atomic mass is 16.6. The quantitative estimate of drug-likeness (QED) is 0.705. The number of methoxy groups -OCH3 is 3. The lowest BCUT2D eigenvalue weighted by Gasteiger charge is -2.17. The van der Waals surface area contributed by atoms with Gasteiger partial charge in [-0.1, -0.05) is 0 Å². The Balaban J connectivity index is 2.93. The molecule has 3 amide bonds. The molecule has 138 valence electrons. The SMILES string of the molecule is CCNC(=O)NC(=O)[C@@H](C)OC(=O)c1ccc(OC)c(OC)c1OC. The Hall–Kier alpha value is -2.97. The van der Waals surface area contributed by atoms with Crippen LogP contribution in [0.2, 0.25) is 0 Å². The monoisotopic (exact) mass is 354 g/mol. The highest BCUT2D eigenvalue weighted by Gasteiger charge is 2.25. The van der Waals surface area contributed by atoms with Gasteiger partial charge in [-0.15, -0.1) is 0 Å². The molecule has 0 aliphatic carbocycles. The summed E-state index contributed by atoms with van der Waals surface area (Å²) in [6.45, 7) is 3.41. The number of nitrogens with one attached hydrogen (secondary N) is 2. The van der Waals surface area contributed by atoms with Crippen LogP contribution in [0.5, 0.6) is 17.2 Å². The van der Waals surface area contributed by atoms with Gasteiger partial charge < -0.3 is 24.3 Å². The second-order valence-corrected chi connectivity index (χ2v) is 4.78. The molecule has 0 aromatic heterocycles. The molecule has 0 radical (unpaired) electrons. The van der Waals surface area contributed by atoms with Crippen molar-refractivity contribution < 1.29 is 33.3 Å². The van der Waals surface area contributed by atoms with Crippen LogP contribution in [0.4, 0.5) is 4.79 Å². The first-order chi connectivity index (χ1) is 11.9. The third-order valence-electron chi connectivity index (χ3n) is 3.15. The Labute approximate surface area is 145 Å². The van der Waals surface area contributed by atoms with E-state index in [0.717, 1.165) is 0 Å². The summed E-state index contributed by atoms with van der Waals surface area (Å²) >= 11 is 0. The molecule has 0 aliphatic heterocycles. The molecule has 25 heavy (non-hydrogen) atoms. The molecular formula is C16H22N2O7. The number of amides is 3. The van der Waals surface area contributed by atoms with Crippen LogP contribution in [0.1, 0.15) is 24.2 Å². The van der Waals surface area contributed by atoms with Crippen molar-refractivity contribution in [3.63, 3.8) is 0 Å². The van der Waals surface area contributed by atoms with Crippen molar-refractivity contribution in [2.75, 3.05) is 27.9 Å². The fourth-order valence-electron chi connectivity index (χ4n) is 1.96. The third-order valence-corrected chi connectivity index (χ3v) is 3.15. The van der Waals surface area contributed by atoms with Gasteiger partial charge in [-0.05, 0) is 26.0 Å². The van der Waals surface area contributed by atoms with E-state index in [0.29, 0.717) is 12.3 Å². The van der Waals surface area contributed by atoms with E-state index in [1.807, 2.05) is 0 Å². The molecule has 9 heteroatoms. The molecule has 2 N–H and O–H groups in total. The topological polar surface area (TPSA) is 112 Å². The highest BCUT2D eigenvalue weighted by Crippen LogP contribution is 2.40. The lowest BCUT2D eigenvalue weighted by Crippen LogP contribution is -2.44. The van der Waals surface area contributed by atoms with Gasteiger partial charge in [-0.2, -0.15) is 0 Å². The summed E-state index contributed by atoms with van der Waals surface area (Å²) in [6, 6.07) is 2.27. The summed E-state index contributed by atoms with van der Waals surface area (Å²) in [4.78, 5) is 35.5. The predicted octanol–water partition coefficient (Wildman–Crippen LogP) is 1.10. The fraction of sp³-hybridized carbons (Fsp3) is 0.438. The molecule has 0 bridgehead atoms. The van der Waals surface area contributed by atoms with E-state index in [1.54, 1.807) is 6.92 Å². The molecule has 1 rings (SSSR count). The van der Waals surface area contributed by atoms with Gasteiger partial charge in [0.1, 0.15) is 5.56 Å². The number of hydrogen-bond acceptors (Lipinski definition) is 7. The standard InChI is InChI=1S/C16H22N2O7/c1-6-17-16(21)18-14(19)9(2)25-15(20)10-7-8-11(22-3)13(24-5)12(10)23-4/h7-9H,6H2,1-5H3,(H2,17,18,19,21)/t9-/m1/s1. The average molecular weight is 354 g/mol. The van der Waals surface area contributed by atoms with E-state index in [2.05, 4.69) is 10.6 Å². The highest BCUT2D eigenvalue weighted by molar-refractivity contribution is 5.99. The summed E-state index contributed by atoms with van der Waals surface area (Å²) in [7, 11) is 4.21. The van der Waals surface area contributed by atoms with Crippen molar-refractivity contribution >= 4 is 17.9 Å². The zero-order chi connectivity index (χ0) is 19.0. The van der Waals surface area contributed by atoms with Crippen molar-refractivity contribution in [1.82, 2.24) is 10.6 Å². The number of hydrogen-bond donors (Lipinski definition) is 2. The van der Waals surface area contributed by atoms with Crippen molar-refractivity contribution in [3.8, 4) is 17.2 Å². The minimum Gasteiger partial charge on any atom is -0.493 e. The van der Waals surface area contributed by atoms with Gasteiger partial charge in [0.2, 0.25) is 5.75 Å². The number of carbonyl (C=O) groups excluding carboxylic acids is 3. The molecule has 0 spiro atoms. The van der Waals surface area contributed by atoms with E-state index in [4.69, 9.17) is 18.9 Å². The zero-order valence-corrected chi connectivity index (χ0v) is 14.8. The maximum atomic E-state index is 12.3. The second kappa shape index (κ2) is 9.36. The fourth-order valence-corrected chi connectivity index (χ4v) is 1.96. The van der Waals surface area contributed by atoms with Crippen LogP contribution < -0.4 is 24.8 Å². The zero-order valence-electron chi connectivity index (χ0n) is 14.8. The molecule has 1 aromatic rings. The summed E-state index contributed by atoms with van der Waals surface area (Å²) in [5, 5.41) is 4.47. The summed E-state index contributed by atoms with van der Waals surface area (Å²) in [6.07, 6.45) is -1.19. The number of benzene rings is 1. The summed E-state index contributed by atoms with van der Waals surface area (Å²) in [5.74, 6) is -0.852. The molecular weight excluding hydrogens is 332 g/mol. The summed E-state index contributed by atoms with van der Waals surface area (Å²) < 4.78 is 20.6. The van der Waals surface area contributed by atoms with Crippen LogP contribution >= 0.6 is 0 Å². The molecule has 0 unspecified atom stereocenters. The first kappa shape index (κ1) is 20.1. The largest absolute Gasteiger partial charge is 0.493 e. The first-order valence-corrected chi connectivity index (χ1v) is 7.48. The van der Waals surface area contributed by atoms with Crippen molar-refractivity contribution in [1.29, 1.82) is 0 Å². The van der Waals surface area contributed by atoms with Crippen LogP contribution in [-0.2, 0) is 9.53 Å². The van der Waals surface area contributed by atoms with Crippen molar-refractivity contribution in [3.05, 3.63) is 17.7 Å². The molecule has 0 heterocycles. The number of rotatable bonds is 7. The van der Waals surface area contributed by atoms with E-state index in [9.17, 15) is 14.4 Å². The van der Waals surface area contributed by atoms with Crippen molar-refractivity contribution in [2.24, 2.45) is 0 Å². The van der Waals surface area contributed by atoms with Gasteiger partial charge in [-0.3, -0.25) is 10.1 Å². The Kier molecular flexibility index (Phi) is 7.51. The number of carbonyl (C=O) groups is 3. The van der Waals surface area contributed by atoms with Gasteiger partial charge in [0.15, 0.2) is 17.6 Å². The molecule has 0 fully saturated rings. The van der Waals surface area contributed by atoms with E-state index in [-0.39, 0.29) is 17.1 Å². The Morgan fingerprint density at radius 2 is 1.68 bits per heavy atom. The minimum absolute atomic E-state index is 0.0535. The van der Waals surface area contributed by atoms with Crippen LogP contribution in [0.25, 0.3) is 0 Å². The number of imide groups is 1. The van der Waals surface area contributed by atoms with Gasteiger partial charge in [0.25, 0.3) is 5.91 Å². The number of urea groups is 1. The third kappa shape index (κ3) is 5.00.